The van der Waals surface area contributed by atoms with E-state index in [1.54, 1.807) is 6.20 Å². The van der Waals surface area contributed by atoms with Gasteiger partial charge in [0.05, 0.1) is 4.92 Å². The van der Waals surface area contributed by atoms with E-state index >= 15 is 0 Å². The largest absolute Gasteiger partial charge is 0.353 e. The van der Waals surface area contributed by atoms with Crippen LogP contribution in [0.25, 0.3) is 0 Å². The van der Waals surface area contributed by atoms with E-state index in [0.29, 0.717) is 24.7 Å². The summed E-state index contributed by atoms with van der Waals surface area (Å²) in [6.07, 6.45) is 3.23. The Morgan fingerprint density at radius 3 is 2.00 bits per heavy atom. The number of pyridine rings is 1. The summed E-state index contributed by atoms with van der Waals surface area (Å²) < 4.78 is 0. The average Bonchev–Trinajstić information content (AvgIpc) is 2.79. The molecule has 10 heteroatoms. The first-order valence-corrected chi connectivity index (χ1v) is 10.0. The molecule has 0 saturated carbocycles. The number of likely N-dealkylation sites (N-methyl/N-ethyl adjacent to an activating group) is 1. The normalized spacial score (nSPS) is 18.2. The van der Waals surface area contributed by atoms with Gasteiger partial charge in [-0.15, -0.1) is 0 Å². The highest BCUT2D eigenvalue weighted by Gasteiger charge is 2.32. The number of piperazine rings is 2. The molecule has 2 aromatic rings. The fourth-order valence-electron chi connectivity index (χ4n) is 3.95. The summed E-state index contributed by atoms with van der Waals surface area (Å²) >= 11 is 0. The summed E-state index contributed by atoms with van der Waals surface area (Å²) in [7, 11) is 0. The van der Waals surface area contributed by atoms with Gasteiger partial charge in [-0.3, -0.25) is 10.1 Å². The first-order valence-electron chi connectivity index (χ1n) is 10.0. The second-order valence-electron chi connectivity index (χ2n) is 7.21. The van der Waals surface area contributed by atoms with E-state index in [-0.39, 0.29) is 10.6 Å². The molecule has 4 rings (SSSR count). The Kier molecular flexibility index (Phi) is 5.70. The minimum absolute atomic E-state index is 0.0173. The molecule has 2 aliphatic rings. The van der Waals surface area contributed by atoms with Crippen molar-refractivity contribution in [1.29, 1.82) is 0 Å². The third-order valence-corrected chi connectivity index (χ3v) is 5.64. The molecule has 154 valence electrons. The molecule has 0 amide bonds. The van der Waals surface area contributed by atoms with E-state index < -0.39 is 0 Å². The van der Waals surface area contributed by atoms with E-state index in [1.807, 2.05) is 28.0 Å². The second kappa shape index (κ2) is 8.56. The summed E-state index contributed by atoms with van der Waals surface area (Å²) in [5.41, 5.74) is 0.0173. The molecule has 2 aliphatic heterocycles. The Morgan fingerprint density at radius 2 is 1.48 bits per heavy atom. The molecule has 0 N–H and O–H groups in total. The van der Waals surface area contributed by atoms with Crippen molar-refractivity contribution in [3.63, 3.8) is 0 Å². The van der Waals surface area contributed by atoms with Crippen LogP contribution in [0.5, 0.6) is 0 Å². The molecular formula is C19H26N8O2. The van der Waals surface area contributed by atoms with Crippen LogP contribution >= 0.6 is 0 Å². The van der Waals surface area contributed by atoms with Gasteiger partial charge >= 0.3 is 5.69 Å². The van der Waals surface area contributed by atoms with Gasteiger partial charge in [-0.25, -0.2) is 15.0 Å². The molecule has 0 unspecified atom stereocenters. The first kappa shape index (κ1) is 19.3. The monoisotopic (exact) mass is 398 g/mol. The van der Waals surface area contributed by atoms with Gasteiger partial charge in [-0.05, 0) is 18.7 Å². The third-order valence-electron chi connectivity index (χ3n) is 5.64. The fourth-order valence-corrected chi connectivity index (χ4v) is 3.95. The number of anilines is 3. The van der Waals surface area contributed by atoms with Crippen molar-refractivity contribution < 1.29 is 4.92 Å². The molecule has 29 heavy (non-hydrogen) atoms. The lowest BCUT2D eigenvalue weighted by Crippen LogP contribution is -2.48. The van der Waals surface area contributed by atoms with Crippen molar-refractivity contribution in [3.05, 3.63) is 40.8 Å². The molecule has 0 atom stereocenters. The Hall–Kier alpha value is -3.01. The zero-order chi connectivity index (χ0) is 20.2. The molecule has 0 spiro atoms. The number of aromatic nitrogens is 3. The molecule has 0 aromatic carbocycles. The Morgan fingerprint density at radius 1 is 0.897 bits per heavy atom. The van der Waals surface area contributed by atoms with Crippen molar-refractivity contribution in [2.24, 2.45) is 0 Å². The molecule has 4 heterocycles. The Balaban J connectivity index is 1.53. The van der Waals surface area contributed by atoms with Crippen LogP contribution in [0.1, 0.15) is 6.92 Å². The quantitative estimate of drug-likeness (QED) is 0.545. The molecule has 0 bridgehead atoms. The van der Waals surface area contributed by atoms with E-state index in [4.69, 9.17) is 0 Å². The predicted molar refractivity (Wildman–Crippen MR) is 112 cm³/mol. The maximum Gasteiger partial charge on any atom is 0.353 e. The standard InChI is InChI=1S/C19H26N8O2/c1-2-23-7-9-25(10-8-23)18-17(27(28)29)19(22-15-21-18)26-13-11-24(12-14-26)16-5-3-4-6-20-16/h3-6,15H,2,7-14H2,1H3. The van der Waals surface area contributed by atoms with Crippen molar-refractivity contribution in [2.45, 2.75) is 6.92 Å². The van der Waals surface area contributed by atoms with E-state index in [9.17, 15) is 10.1 Å². The highest BCUT2D eigenvalue weighted by Crippen LogP contribution is 2.35. The maximum absolute atomic E-state index is 12.0. The van der Waals surface area contributed by atoms with Gasteiger partial charge in [0.15, 0.2) is 0 Å². The fraction of sp³-hybridized carbons (Fsp3) is 0.526. The lowest BCUT2D eigenvalue weighted by molar-refractivity contribution is -0.383. The summed E-state index contributed by atoms with van der Waals surface area (Å²) in [6.45, 7) is 9.14. The lowest BCUT2D eigenvalue weighted by Gasteiger charge is -2.37. The van der Waals surface area contributed by atoms with Crippen molar-refractivity contribution in [2.75, 3.05) is 73.6 Å². The minimum atomic E-state index is -0.331. The predicted octanol–water partition coefficient (Wildman–Crippen LogP) is 1.25. The Labute approximate surface area is 169 Å². The first-order chi connectivity index (χ1) is 14.2. The van der Waals surface area contributed by atoms with Crippen LogP contribution in [0, 0.1) is 10.1 Å². The average molecular weight is 398 g/mol. The van der Waals surface area contributed by atoms with Gasteiger partial charge in [0.1, 0.15) is 12.1 Å². The number of hydrogen-bond donors (Lipinski definition) is 0. The smallest absolute Gasteiger partial charge is 0.353 e. The Bertz CT molecular complexity index is 833. The van der Waals surface area contributed by atoms with Gasteiger partial charge in [-0.2, -0.15) is 0 Å². The third kappa shape index (κ3) is 4.07. The maximum atomic E-state index is 12.0. The van der Waals surface area contributed by atoms with Gasteiger partial charge < -0.3 is 19.6 Å². The minimum Gasteiger partial charge on any atom is -0.353 e. The van der Waals surface area contributed by atoms with Gasteiger partial charge in [0.2, 0.25) is 11.6 Å². The van der Waals surface area contributed by atoms with Crippen molar-refractivity contribution in [1.82, 2.24) is 19.9 Å². The van der Waals surface area contributed by atoms with Gasteiger partial charge in [0.25, 0.3) is 0 Å². The van der Waals surface area contributed by atoms with Gasteiger partial charge in [-0.1, -0.05) is 13.0 Å². The van der Waals surface area contributed by atoms with E-state index in [0.717, 1.165) is 51.6 Å². The lowest BCUT2D eigenvalue weighted by atomic mass is 10.2. The van der Waals surface area contributed by atoms with E-state index in [2.05, 4.69) is 31.7 Å². The number of rotatable bonds is 5. The zero-order valence-electron chi connectivity index (χ0n) is 16.6. The van der Waals surface area contributed by atoms with Crippen LogP contribution in [0.4, 0.5) is 23.1 Å². The molecule has 0 aliphatic carbocycles. The van der Waals surface area contributed by atoms with Crippen LogP contribution < -0.4 is 14.7 Å². The molecule has 2 aromatic heterocycles. The molecular weight excluding hydrogens is 372 g/mol. The molecule has 2 fully saturated rings. The highest BCUT2D eigenvalue weighted by atomic mass is 16.6. The topological polar surface area (TPSA) is 94.8 Å². The SMILES string of the molecule is CCN1CCN(c2ncnc(N3CCN(c4ccccn4)CC3)c2[N+](=O)[O-])CC1. The van der Waals surface area contributed by atoms with Gasteiger partial charge in [0, 0.05) is 58.6 Å². The summed E-state index contributed by atoms with van der Waals surface area (Å²) in [4.78, 5) is 33.2. The van der Waals surface area contributed by atoms with Crippen LogP contribution in [-0.4, -0.2) is 83.7 Å². The zero-order valence-corrected chi connectivity index (χ0v) is 16.6. The summed E-state index contributed by atoms with van der Waals surface area (Å²) in [5.74, 6) is 1.78. The molecule has 10 nitrogen and oxygen atoms in total. The van der Waals surface area contributed by atoms with Crippen molar-refractivity contribution in [3.8, 4) is 0 Å². The van der Waals surface area contributed by atoms with Crippen molar-refractivity contribution >= 4 is 23.1 Å². The highest BCUT2D eigenvalue weighted by molar-refractivity contribution is 5.71. The number of hydrogen-bond acceptors (Lipinski definition) is 9. The molecule has 2 saturated heterocycles. The van der Waals surface area contributed by atoms with Crippen LogP contribution in [-0.2, 0) is 0 Å². The summed E-state index contributed by atoms with van der Waals surface area (Å²) in [5, 5.41) is 12.0. The number of nitro groups is 1. The second-order valence-corrected chi connectivity index (χ2v) is 7.21. The van der Waals surface area contributed by atoms with Crippen LogP contribution in [0.2, 0.25) is 0 Å². The molecule has 0 radical (unpaired) electrons. The van der Waals surface area contributed by atoms with Crippen LogP contribution in [0.3, 0.4) is 0 Å². The van der Waals surface area contributed by atoms with Crippen LogP contribution in [0.15, 0.2) is 30.7 Å². The van der Waals surface area contributed by atoms with E-state index in [1.165, 1.54) is 6.33 Å². The number of nitrogens with zero attached hydrogens (tertiary/aromatic N) is 8. The summed E-state index contributed by atoms with van der Waals surface area (Å²) in [6, 6.07) is 5.84.